The van der Waals surface area contributed by atoms with Gasteiger partial charge in [-0.25, -0.2) is 0 Å². The Hall–Kier alpha value is -0.120. The minimum absolute atomic E-state index is 0.157. The normalized spacial score (nSPS) is 36.5. The highest BCUT2D eigenvalue weighted by molar-refractivity contribution is 4.85. The molecule has 3 heteroatoms. The second-order valence-electron chi connectivity index (χ2n) is 6.23. The fraction of sp³-hybridized carbons (Fsp3) is 1.00. The molecule has 0 amide bonds. The lowest BCUT2D eigenvalue weighted by Gasteiger charge is -2.42. The molecule has 0 spiro atoms. The number of nitrogens with two attached hydrogens (primary N) is 1. The first-order chi connectivity index (χ1) is 8.70. The molecule has 0 radical (unpaired) electrons. The molecule has 2 fully saturated rings. The minimum Gasteiger partial charge on any atom is -0.374 e. The molecule has 0 aromatic heterocycles. The van der Waals surface area contributed by atoms with Crippen molar-refractivity contribution in [2.75, 3.05) is 19.7 Å². The van der Waals surface area contributed by atoms with Crippen LogP contribution in [0, 0.1) is 5.92 Å². The molecular formula is C15H30N2O. The smallest absolute Gasteiger partial charge is 0.0850 e. The van der Waals surface area contributed by atoms with Gasteiger partial charge in [0.05, 0.1) is 12.7 Å². The largest absolute Gasteiger partial charge is 0.374 e. The number of rotatable bonds is 4. The molecule has 2 unspecified atom stereocenters. The van der Waals surface area contributed by atoms with E-state index in [0.717, 1.165) is 31.7 Å². The van der Waals surface area contributed by atoms with E-state index in [4.69, 9.17) is 10.5 Å². The van der Waals surface area contributed by atoms with Gasteiger partial charge in [-0.2, -0.15) is 0 Å². The molecule has 1 aliphatic carbocycles. The molecule has 18 heavy (non-hydrogen) atoms. The summed E-state index contributed by atoms with van der Waals surface area (Å²) in [5.41, 5.74) is 5.97. The Morgan fingerprint density at radius 2 is 2.00 bits per heavy atom. The molecule has 1 saturated heterocycles. The Balaban J connectivity index is 1.78. The lowest BCUT2D eigenvalue weighted by Crippen LogP contribution is -2.53. The van der Waals surface area contributed by atoms with Crippen molar-refractivity contribution in [2.24, 2.45) is 11.7 Å². The average Bonchev–Trinajstić information content (AvgIpc) is 2.40. The lowest BCUT2D eigenvalue weighted by atomic mass is 9.82. The molecule has 1 aliphatic heterocycles. The molecule has 0 aromatic rings. The summed E-state index contributed by atoms with van der Waals surface area (Å²) in [6.07, 6.45) is 8.65. The van der Waals surface area contributed by atoms with Crippen LogP contribution in [0.15, 0.2) is 0 Å². The predicted octanol–water partition coefficient (Wildman–Crippen LogP) is 2.39. The van der Waals surface area contributed by atoms with Gasteiger partial charge in [0.1, 0.15) is 0 Å². The molecule has 2 aliphatic rings. The summed E-state index contributed by atoms with van der Waals surface area (Å²) >= 11 is 0. The van der Waals surface area contributed by atoms with Gasteiger partial charge < -0.3 is 10.5 Å². The molecule has 0 aromatic carbocycles. The number of morpholine rings is 1. The highest BCUT2D eigenvalue weighted by Gasteiger charge is 2.30. The fourth-order valence-corrected chi connectivity index (χ4v) is 3.55. The van der Waals surface area contributed by atoms with Gasteiger partial charge in [-0.05, 0) is 38.5 Å². The zero-order valence-corrected chi connectivity index (χ0v) is 12.1. The Morgan fingerprint density at radius 3 is 2.61 bits per heavy atom. The van der Waals surface area contributed by atoms with Crippen molar-refractivity contribution in [1.82, 2.24) is 4.90 Å². The van der Waals surface area contributed by atoms with Crippen LogP contribution >= 0.6 is 0 Å². The summed E-state index contributed by atoms with van der Waals surface area (Å²) < 4.78 is 5.75. The van der Waals surface area contributed by atoms with E-state index in [9.17, 15) is 0 Å². The first-order valence-corrected chi connectivity index (χ1v) is 7.82. The maximum atomic E-state index is 5.97. The molecule has 2 N–H and O–H groups in total. The van der Waals surface area contributed by atoms with E-state index in [1.807, 2.05) is 0 Å². The molecule has 2 atom stereocenters. The van der Waals surface area contributed by atoms with Crippen LogP contribution < -0.4 is 5.73 Å². The SMILES string of the molecule is CCCC1CCC(N2CCOC(C(C)N)C2)CC1. The maximum absolute atomic E-state index is 5.97. The molecule has 106 valence electrons. The zero-order valence-electron chi connectivity index (χ0n) is 12.1. The van der Waals surface area contributed by atoms with E-state index in [1.165, 1.54) is 38.5 Å². The van der Waals surface area contributed by atoms with Crippen LogP contribution in [0.3, 0.4) is 0 Å². The summed E-state index contributed by atoms with van der Waals surface area (Å²) in [5, 5.41) is 0. The van der Waals surface area contributed by atoms with Crippen LogP contribution in [0.5, 0.6) is 0 Å². The first kappa shape index (κ1) is 14.3. The van der Waals surface area contributed by atoms with Gasteiger partial charge >= 0.3 is 0 Å². The molecule has 0 bridgehead atoms. The lowest BCUT2D eigenvalue weighted by molar-refractivity contribution is -0.0578. The van der Waals surface area contributed by atoms with Crippen molar-refractivity contribution in [3.8, 4) is 0 Å². The molecule has 1 saturated carbocycles. The van der Waals surface area contributed by atoms with Crippen LogP contribution in [0.25, 0.3) is 0 Å². The van der Waals surface area contributed by atoms with Gasteiger partial charge in [-0.3, -0.25) is 4.90 Å². The van der Waals surface area contributed by atoms with Gasteiger partial charge in [0.25, 0.3) is 0 Å². The van der Waals surface area contributed by atoms with Crippen molar-refractivity contribution in [2.45, 2.75) is 70.6 Å². The topological polar surface area (TPSA) is 38.5 Å². The Labute approximate surface area is 112 Å². The van der Waals surface area contributed by atoms with Crippen LogP contribution in [0.1, 0.15) is 52.4 Å². The van der Waals surface area contributed by atoms with Crippen LogP contribution in [-0.4, -0.2) is 42.8 Å². The minimum atomic E-state index is 0.157. The van der Waals surface area contributed by atoms with Crippen LogP contribution in [-0.2, 0) is 4.74 Å². The van der Waals surface area contributed by atoms with Crippen molar-refractivity contribution >= 4 is 0 Å². The zero-order chi connectivity index (χ0) is 13.0. The third-order valence-corrected chi connectivity index (χ3v) is 4.74. The Morgan fingerprint density at radius 1 is 1.28 bits per heavy atom. The van der Waals surface area contributed by atoms with Crippen molar-refractivity contribution < 1.29 is 4.74 Å². The van der Waals surface area contributed by atoms with Gasteiger partial charge in [0, 0.05) is 25.2 Å². The Kier molecular flexibility index (Phi) is 5.46. The van der Waals surface area contributed by atoms with E-state index in [2.05, 4.69) is 18.7 Å². The number of nitrogens with zero attached hydrogens (tertiary/aromatic N) is 1. The fourth-order valence-electron chi connectivity index (χ4n) is 3.55. The Bertz CT molecular complexity index is 237. The second-order valence-corrected chi connectivity index (χ2v) is 6.23. The third kappa shape index (κ3) is 3.69. The molecule has 1 heterocycles. The van der Waals surface area contributed by atoms with E-state index in [1.54, 1.807) is 0 Å². The van der Waals surface area contributed by atoms with Crippen molar-refractivity contribution in [1.29, 1.82) is 0 Å². The van der Waals surface area contributed by atoms with E-state index >= 15 is 0 Å². The maximum Gasteiger partial charge on any atom is 0.0850 e. The van der Waals surface area contributed by atoms with Gasteiger partial charge in [0.2, 0.25) is 0 Å². The van der Waals surface area contributed by atoms with E-state index < -0.39 is 0 Å². The van der Waals surface area contributed by atoms with Crippen LogP contribution in [0.2, 0.25) is 0 Å². The number of ether oxygens (including phenoxy) is 1. The molecule has 3 nitrogen and oxygen atoms in total. The average molecular weight is 254 g/mol. The quantitative estimate of drug-likeness (QED) is 0.837. The van der Waals surface area contributed by atoms with Crippen LogP contribution in [0.4, 0.5) is 0 Å². The van der Waals surface area contributed by atoms with Crippen molar-refractivity contribution in [3.05, 3.63) is 0 Å². The van der Waals surface area contributed by atoms with Gasteiger partial charge in [0.15, 0.2) is 0 Å². The highest BCUT2D eigenvalue weighted by Crippen LogP contribution is 2.31. The molecule has 2 rings (SSSR count). The predicted molar refractivity (Wildman–Crippen MR) is 75.6 cm³/mol. The number of hydrogen-bond acceptors (Lipinski definition) is 3. The summed E-state index contributed by atoms with van der Waals surface area (Å²) in [6.45, 7) is 7.38. The summed E-state index contributed by atoms with van der Waals surface area (Å²) in [4.78, 5) is 2.64. The standard InChI is InChI=1S/C15H30N2O/c1-3-4-13-5-7-14(8-6-13)17-9-10-18-15(11-17)12(2)16/h12-15H,3-11,16H2,1-2H3. The highest BCUT2D eigenvalue weighted by atomic mass is 16.5. The van der Waals surface area contributed by atoms with E-state index in [0.29, 0.717) is 0 Å². The van der Waals surface area contributed by atoms with Crippen molar-refractivity contribution in [3.63, 3.8) is 0 Å². The monoisotopic (exact) mass is 254 g/mol. The second kappa shape index (κ2) is 6.88. The molecular weight excluding hydrogens is 224 g/mol. The van der Waals surface area contributed by atoms with Gasteiger partial charge in [-0.15, -0.1) is 0 Å². The van der Waals surface area contributed by atoms with E-state index in [-0.39, 0.29) is 12.1 Å². The van der Waals surface area contributed by atoms with Gasteiger partial charge in [-0.1, -0.05) is 19.8 Å². The number of hydrogen-bond donors (Lipinski definition) is 1. The summed E-state index contributed by atoms with van der Waals surface area (Å²) in [6, 6.07) is 0.951. The third-order valence-electron chi connectivity index (χ3n) is 4.74. The summed E-state index contributed by atoms with van der Waals surface area (Å²) in [5.74, 6) is 0.997. The summed E-state index contributed by atoms with van der Waals surface area (Å²) in [7, 11) is 0. The first-order valence-electron chi connectivity index (χ1n) is 7.82.